The normalized spacial score (nSPS) is 17.9. The van der Waals surface area contributed by atoms with Crippen molar-refractivity contribution in [3.8, 4) is 0 Å². The van der Waals surface area contributed by atoms with E-state index in [0.29, 0.717) is 19.1 Å². The van der Waals surface area contributed by atoms with Gasteiger partial charge in [0.1, 0.15) is 17.5 Å². The van der Waals surface area contributed by atoms with Crippen LogP contribution in [0.2, 0.25) is 0 Å². The molecule has 2 N–H and O–H groups in total. The highest BCUT2D eigenvalue weighted by Gasteiger charge is 2.37. The number of hydrogen-bond donors (Lipinski definition) is 2. The highest BCUT2D eigenvalue weighted by molar-refractivity contribution is 6.06. The van der Waals surface area contributed by atoms with Crippen LogP contribution in [0.5, 0.6) is 0 Å². The lowest BCUT2D eigenvalue weighted by Gasteiger charge is -2.31. The lowest BCUT2D eigenvalue weighted by Crippen LogP contribution is -2.42. The number of ether oxygens (including phenoxy) is 1. The fourth-order valence-electron chi connectivity index (χ4n) is 5.19. The molecule has 3 heterocycles. The average Bonchev–Trinajstić information content (AvgIpc) is 3.35. The number of hydrogen-bond acceptors (Lipinski definition) is 5. The number of rotatable bonds is 5. The first-order chi connectivity index (χ1) is 18.9. The molecule has 212 valence electrons. The minimum Gasteiger partial charge on any atom is -0.378 e. The van der Waals surface area contributed by atoms with E-state index in [1.807, 2.05) is 0 Å². The largest absolute Gasteiger partial charge is 0.378 e. The number of fused-ring (bicyclic) bond motifs is 1. The van der Waals surface area contributed by atoms with Gasteiger partial charge in [0.15, 0.2) is 0 Å². The number of carbonyl (C=O) groups is 2. The number of halogens is 5. The molecule has 0 bridgehead atoms. The van der Waals surface area contributed by atoms with Crippen molar-refractivity contribution in [1.82, 2.24) is 15.2 Å². The molecule has 0 unspecified atom stereocenters. The molecule has 1 atom stereocenters. The van der Waals surface area contributed by atoms with E-state index >= 15 is 0 Å². The molecule has 2 aromatic carbocycles. The number of amides is 2. The van der Waals surface area contributed by atoms with Gasteiger partial charge in [-0.05, 0) is 24.6 Å². The molecular weight excluding hydrogens is 539 g/mol. The van der Waals surface area contributed by atoms with Crippen molar-refractivity contribution < 1.29 is 36.3 Å². The van der Waals surface area contributed by atoms with E-state index < -0.39 is 52.4 Å². The zero-order chi connectivity index (χ0) is 28.8. The van der Waals surface area contributed by atoms with E-state index in [4.69, 9.17) is 4.74 Å². The Labute approximate surface area is 224 Å². The number of aromatic amines is 1. The minimum absolute atomic E-state index is 0.0201. The van der Waals surface area contributed by atoms with Crippen LogP contribution >= 0.6 is 0 Å². The van der Waals surface area contributed by atoms with Gasteiger partial charge in [-0.25, -0.2) is 22.0 Å². The molecular formula is C27H25F5N4O4. The molecule has 0 radical (unpaired) electrons. The minimum atomic E-state index is -3.49. The van der Waals surface area contributed by atoms with Gasteiger partial charge in [-0.2, -0.15) is 0 Å². The Balaban J connectivity index is 1.45. The van der Waals surface area contributed by atoms with Crippen molar-refractivity contribution in [2.75, 3.05) is 44.3 Å². The molecule has 2 amide bonds. The number of carbonyl (C=O) groups excluding carboxylic acids is 2. The van der Waals surface area contributed by atoms with Crippen LogP contribution < -0.4 is 15.8 Å². The van der Waals surface area contributed by atoms with E-state index in [1.165, 1.54) is 9.80 Å². The lowest BCUT2D eigenvalue weighted by molar-refractivity contribution is 0.0174. The zero-order valence-electron chi connectivity index (χ0n) is 21.3. The first kappa shape index (κ1) is 27.6. The van der Waals surface area contributed by atoms with Crippen molar-refractivity contribution in [3.05, 3.63) is 74.8 Å². The van der Waals surface area contributed by atoms with Gasteiger partial charge in [0.2, 0.25) is 5.56 Å². The highest BCUT2D eigenvalue weighted by atomic mass is 19.3. The Kier molecular flexibility index (Phi) is 7.25. The first-order valence-corrected chi connectivity index (χ1v) is 12.6. The van der Waals surface area contributed by atoms with Gasteiger partial charge in [0, 0.05) is 62.2 Å². The van der Waals surface area contributed by atoms with Crippen LogP contribution in [0.4, 0.5) is 27.6 Å². The summed E-state index contributed by atoms with van der Waals surface area (Å²) in [6, 6.07) is 3.40. The number of aromatic nitrogens is 1. The van der Waals surface area contributed by atoms with Gasteiger partial charge in [0.05, 0.1) is 35.5 Å². The molecule has 0 spiro atoms. The van der Waals surface area contributed by atoms with Crippen molar-refractivity contribution in [1.29, 1.82) is 0 Å². The van der Waals surface area contributed by atoms with E-state index in [1.54, 1.807) is 0 Å². The summed E-state index contributed by atoms with van der Waals surface area (Å²) < 4.78 is 77.3. The number of anilines is 1. The van der Waals surface area contributed by atoms with Crippen LogP contribution in [-0.4, -0.2) is 67.1 Å². The Bertz CT molecular complexity index is 1550. The fourth-order valence-corrected chi connectivity index (χ4v) is 5.19. The molecule has 5 rings (SSSR count). The topological polar surface area (TPSA) is 94.7 Å². The highest BCUT2D eigenvalue weighted by Crippen LogP contribution is 2.40. The van der Waals surface area contributed by atoms with E-state index in [9.17, 15) is 36.3 Å². The summed E-state index contributed by atoms with van der Waals surface area (Å²) in [5.74, 6) is -7.87. The van der Waals surface area contributed by atoms with Crippen LogP contribution in [-0.2, 0) is 10.7 Å². The van der Waals surface area contributed by atoms with Gasteiger partial charge in [0.25, 0.3) is 17.7 Å². The molecule has 0 aliphatic carbocycles. The maximum absolute atomic E-state index is 14.7. The predicted molar refractivity (Wildman–Crippen MR) is 135 cm³/mol. The lowest BCUT2D eigenvalue weighted by atomic mass is 9.99. The molecule has 2 aliphatic rings. The average molecular weight is 565 g/mol. The van der Waals surface area contributed by atoms with Gasteiger partial charge in [-0.15, -0.1) is 0 Å². The molecule has 2 aliphatic heterocycles. The second kappa shape index (κ2) is 10.5. The third kappa shape index (κ3) is 5.37. The maximum atomic E-state index is 14.7. The summed E-state index contributed by atoms with van der Waals surface area (Å²) in [6.07, 6.45) is 0.257. The van der Waals surface area contributed by atoms with Gasteiger partial charge in [-0.3, -0.25) is 14.4 Å². The summed E-state index contributed by atoms with van der Waals surface area (Å²) in [4.78, 5) is 43.6. The third-order valence-corrected chi connectivity index (χ3v) is 7.03. The van der Waals surface area contributed by atoms with E-state index in [-0.39, 0.29) is 73.5 Å². The second-order valence-electron chi connectivity index (χ2n) is 9.90. The predicted octanol–water partition coefficient (Wildman–Crippen LogP) is 3.54. The molecule has 1 aromatic heterocycles. The summed E-state index contributed by atoms with van der Waals surface area (Å²) in [5, 5.41) is 2.54. The van der Waals surface area contributed by atoms with Crippen LogP contribution in [0.1, 0.15) is 39.6 Å². The quantitative estimate of drug-likeness (QED) is 0.463. The number of morpholine rings is 1. The Morgan fingerprint density at radius 1 is 1.00 bits per heavy atom. The monoisotopic (exact) mass is 564 g/mol. The van der Waals surface area contributed by atoms with E-state index in [0.717, 1.165) is 18.2 Å². The first-order valence-electron chi connectivity index (χ1n) is 12.6. The fraction of sp³-hybridized carbons (Fsp3) is 0.370. The number of alkyl halides is 2. The standard InChI is InChI=1S/C27H25F5N4O4/c1-27(31,32)20-10-14(28)9-19(26(39)35-4-6-40-7-5-35)24(20)36-3-2-16(13-36)33-25(38)18-12-22(37)34-23-17(18)8-15(29)11-21(23)30/h8-12,16H,2-7,13H2,1H3,(H,33,38)(H,34,37)/t16-/m1/s1. The van der Waals surface area contributed by atoms with Crippen molar-refractivity contribution in [3.63, 3.8) is 0 Å². The van der Waals surface area contributed by atoms with Crippen LogP contribution in [0.3, 0.4) is 0 Å². The molecule has 13 heteroatoms. The number of pyridine rings is 1. The van der Waals surface area contributed by atoms with Gasteiger partial charge in [-0.1, -0.05) is 0 Å². The summed E-state index contributed by atoms with van der Waals surface area (Å²) in [5.41, 5.74) is -2.39. The molecule has 2 saturated heterocycles. The summed E-state index contributed by atoms with van der Waals surface area (Å²) in [7, 11) is 0. The third-order valence-electron chi connectivity index (χ3n) is 7.03. The second-order valence-corrected chi connectivity index (χ2v) is 9.90. The van der Waals surface area contributed by atoms with Crippen molar-refractivity contribution >= 4 is 28.4 Å². The van der Waals surface area contributed by atoms with Crippen molar-refractivity contribution in [2.24, 2.45) is 0 Å². The Morgan fingerprint density at radius 2 is 1.70 bits per heavy atom. The smallest absolute Gasteiger partial charge is 0.272 e. The van der Waals surface area contributed by atoms with E-state index in [2.05, 4.69) is 10.3 Å². The SMILES string of the molecule is CC(F)(F)c1cc(F)cc(C(=O)N2CCOCC2)c1N1CC[C@@H](NC(=O)c2cc(=O)[nH]c3c(F)cc(F)cc23)C1. The number of nitrogens with zero attached hydrogens (tertiary/aromatic N) is 2. The maximum Gasteiger partial charge on any atom is 0.272 e. The number of nitrogens with one attached hydrogen (secondary N) is 2. The summed E-state index contributed by atoms with van der Waals surface area (Å²) in [6.45, 7) is 1.69. The summed E-state index contributed by atoms with van der Waals surface area (Å²) >= 11 is 0. The van der Waals surface area contributed by atoms with Gasteiger partial charge >= 0.3 is 0 Å². The van der Waals surface area contributed by atoms with Crippen LogP contribution in [0.15, 0.2) is 35.1 Å². The molecule has 40 heavy (non-hydrogen) atoms. The Morgan fingerprint density at radius 3 is 2.40 bits per heavy atom. The molecule has 2 fully saturated rings. The van der Waals surface area contributed by atoms with Crippen LogP contribution in [0.25, 0.3) is 10.9 Å². The molecule has 0 saturated carbocycles. The van der Waals surface area contributed by atoms with Crippen molar-refractivity contribution in [2.45, 2.75) is 25.3 Å². The number of H-pyrrole nitrogens is 1. The Hall–Kier alpha value is -4.00. The number of benzene rings is 2. The zero-order valence-corrected chi connectivity index (χ0v) is 21.3. The van der Waals surface area contributed by atoms with Crippen LogP contribution in [0, 0.1) is 17.5 Å². The molecule has 8 nitrogen and oxygen atoms in total. The van der Waals surface area contributed by atoms with Gasteiger partial charge < -0.3 is 24.8 Å². The molecule has 3 aromatic rings.